The van der Waals surface area contributed by atoms with Gasteiger partial charge in [-0.3, -0.25) is 4.79 Å². The average Bonchev–Trinajstić information content (AvgIpc) is 2.74. The molecule has 21 heavy (non-hydrogen) atoms. The number of rotatable bonds is 5. The van der Waals surface area contributed by atoms with Crippen molar-refractivity contribution in [2.75, 3.05) is 0 Å². The summed E-state index contributed by atoms with van der Waals surface area (Å²) < 4.78 is 2.02. The SMILES string of the molecule is C=C(C)C(=O)NCc1nc(Cc2ccccc2)c(C)n1C. The molecule has 0 spiro atoms. The molecule has 0 unspecified atom stereocenters. The molecule has 0 bridgehead atoms. The molecule has 0 atom stereocenters. The third kappa shape index (κ3) is 3.60. The standard InChI is InChI=1S/C17H21N3O/c1-12(2)17(21)18-11-16-19-15(13(3)20(16)4)10-14-8-6-5-7-9-14/h5-9H,1,10-11H2,2-4H3,(H,18,21). The van der Waals surface area contributed by atoms with Crippen molar-refractivity contribution in [3.8, 4) is 0 Å². The Bertz CT molecular complexity index is 656. The number of hydrogen-bond donors (Lipinski definition) is 1. The molecule has 0 saturated carbocycles. The molecule has 0 radical (unpaired) electrons. The molecule has 0 aliphatic rings. The van der Waals surface area contributed by atoms with Crippen LogP contribution in [0.3, 0.4) is 0 Å². The Kier molecular flexibility index (Phi) is 4.58. The predicted molar refractivity (Wildman–Crippen MR) is 83.9 cm³/mol. The van der Waals surface area contributed by atoms with E-state index >= 15 is 0 Å². The van der Waals surface area contributed by atoms with E-state index in [2.05, 4.69) is 35.9 Å². The first kappa shape index (κ1) is 15.0. The minimum absolute atomic E-state index is 0.139. The topological polar surface area (TPSA) is 46.9 Å². The van der Waals surface area contributed by atoms with Crippen LogP contribution < -0.4 is 5.32 Å². The molecule has 0 aliphatic carbocycles. The van der Waals surface area contributed by atoms with Crippen molar-refractivity contribution in [3.05, 3.63) is 65.3 Å². The van der Waals surface area contributed by atoms with Crippen molar-refractivity contribution in [1.82, 2.24) is 14.9 Å². The zero-order valence-corrected chi connectivity index (χ0v) is 12.8. The molecule has 1 amide bonds. The first-order valence-electron chi connectivity index (χ1n) is 6.97. The van der Waals surface area contributed by atoms with Gasteiger partial charge in [-0.15, -0.1) is 0 Å². The summed E-state index contributed by atoms with van der Waals surface area (Å²) in [6, 6.07) is 10.3. The van der Waals surface area contributed by atoms with Gasteiger partial charge in [0.2, 0.25) is 5.91 Å². The number of benzene rings is 1. The summed E-state index contributed by atoms with van der Waals surface area (Å²) in [4.78, 5) is 16.2. The maximum Gasteiger partial charge on any atom is 0.246 e. The molecular weight excluding hydrogens is 262 g/mol. The average molecular weight is 283 g/mol. The van der Waals surface area contributed by atoms with Crippen LogP contribution in [0.25, 0.3) is 0 Å². The number of nitrogens with zero attached hydrogens (tertiary/aromatic N) is 2. The monoisotopic (exact) mass is 283 g/mol. The Labute approximate surface area is 125 Å². The first-order valence-corrected chi connectivity index (χ1v) is 6.97. The maximum absolute atomic E-state index is 11.6. The molecule has 1 heterocycles. The highest BCUT2D eigenvalue weighted by Crippen LogP contribution is 2.14. The van der Waals surface area contributed by atoms with Crippen molar-refractivity contribution in [2.24, 2.45) is 7.05 Å². The normalized spacial score (nSPS) is 10.4. The van der Waals surface area contributed by atoms with Gasteiger partial charge in [0.25, 0.3) is 0 Å². The summed E-state index contributed by atoms with van der Waals surface area (Å²) in [5.74, 6) is 0.716. The molecule has 4 heteroatoms. The van der Waals surface area contributed by atoms with E-state index in [0.29, 0.717) is 12.1 Å². The molecule has 1 N–H and O–H groups in total. The van der Waals surface area contributed by atoms with Crippen LogP contribution in [0.1, 0.15) is 29.7 Å². The number of nitrogens with one attached hydrogen (secondary N) is 1. The van der Waals surface area contributed by atoms with E-state index in [0.717, 1.165) is 23.6 Å². The van der Waals surface area contributed by atoms with Gasteiger partial charge in [-0.05, 0) is 19.4 Å². The van der Waals surface area contributed by atoms with E-state index in [1.807, 2.05) is 29.8 Å². The summed E-state index contributed by atoms with van der Waals surface area (Å²) in [6.07, 6.45) is 0.801. The fraction of sp³-hybridized carbons (Fsp3) is 0.294. The maximum atomic E-state index is 11.6. The van der Waals surface area contributed by atoms with Crippen LogP contribution in [0.15, 0.2) is 42.5 Å². The van der Waals surface area contributed by atoms with Gasteiger partial charge in [-0.1, -0.05) is 36.9 Å². The van der Waals surface area contributed by atoms with E-state index in [1.54, 1.807) is 6.92 Å². The zero-order chi connectivity index (χ0) is 15.4. The van der Waals surface area contributed by atoms with Gasteiger partial charge in [0, 0.05) is 24.7 Å². The van der Waals surface area contributed by atoms with Gasteiger partial charge >= 0.3 is 0 Å². The molecular formula is C17H21N3O. The summed E-state index contributed by atoms with van der Waals surface area (Å²) >= 11 is 0. The van der Waals surface area contributed by atoms with Crippen molar-refractivity contribution < 1.29 is 4.79 Å². The minimum atomic E-state index is -0.139. The lowest BCUT2D eigenvalue weighted by molar-refractivity contribution is -0.117. The van der Waals surface area contributed by atoms with Gasteiger partial charge in [0.15, 0.2) is 0 Å². The fourth-order valence-corrected chi connectivity index (χ4v) is 2.12. The number of hydrogen-bond acceptors (Lipinski definition) is 2. The third-order valence-corrected chi connectivity index (χ3v) is 3.58. The van der Waals surface area contributed by atoms with E-state index in [-0.39, 0.29) is 5.91 Å². The van der Waals surface area contributed by atoms with Crippen molar-refractivity contribution in [1.29, 1.82) is 0 Å². The van der Waals surface area contributed by atoms with E-state index in [1.165, 1.54) is 5.56 Å². The summed E-state index contributed by atoms with van der Waals surface area (Å²) in [5, 5.41) is 2.82. The highest BCUT2D eigenvalue weighted by atomic mass is 16.1. The second-order valence-corrected chi connectivity index (χ2v) is 5.24. The summed E-state index contributed by atoms with van der Waals surface area (Å²) in [7, 11) is 1.97. The highest BCUT2D eigenvalue weighted by Gasteiger charge is 2.12. The Balaban J connectivity index is 2.13. The first-order chi connectivity index (χ1) is 9.99. The number of carbonyl (C=O) groups excluding carboxylic acids is 1. The Morgan fingerprint density at radius 1 is 1.33 bits per heavy atom. The predicted octanol–water partition coefficient (Wildman–Crippen LogP) is 2.51. The third-order valence-electron chi connectivity index (χ3n) is 3.58. The van der Waals surface area contributed by atoms with Crippen molar-refractivity contribution >= 4 is 5.91 Å². The molecule has 0 saturated heterocycles. The molecule has 1 aromatic heterocycles. The van der Waals surface area contributed by atoms with Gasteiger partial charge in [-0.2, -0.15) is 0 Å². The van der Waals surface area contributed by atoms with Crippen LogP contribution in [0.5, 0.6) is 0 Å². The lowest BCUT2D eigenvalue weighted by Crippen LogP contribution is -2.24. The Morgan fingerprint density at radius 2 is 2.00 bits per heavy atom. The van der Waals surface area contributed by atoms with E-state index < -0.39 is 0 Å². The molecule has 4 nitrogen and oxygen atoms in total. The largest absolute Gasteiger partial charge is 0.345 e. The van der Waals surface area contributed by atoms with Crippen molar-refractivity contribution in [3.63, 3.8) is 0 Å². The van der Waals surface area contributed by atoms with Crippen molar-refractivity contribution in [2.45, 2.75) is 26.8 Å². The molecule has 0 aliphatic heterocycles. The van der Waals surface area contributed by atoms with E-state index in [4.69, 9.17) is 0 Å². The molecule has 110 valence electrons. The van der Waals surface area contributed by atoms with E-state index in [9.17, 15) is 4.79 Å². The van der Waals surface area contributed by atoms with Crippen LogP contribution in [0, 0.1) is 6.92 Å². The number of imidazole rings is 1. The quantitative estimate of drug-likeness (QED) is 0.857. The molecule has 2 aromatic rings. The van der Waals surface area contributed by atoms with Crippen LogP contribution in [0.2, 0.25) is 0 Å². The van der Waals surface area contributed by atoms with Crippen LogP contribution in [-0.2, 0) is 24.8 Å². The zero-order valence-electron chi connectivity index (χ0n) is 12.8. The Hall–Kier alpha value is -2.36. The molecule has 1 aromatic carbocycles. The summed E-state index contributed by atoms with van der Waals surface area (Å²) in [6.45, 7) is 7.79. The van der Waals surface area contributed by atoms with Gasteiger partial charge in [-0.25, -0.2) is 4.98 Å². The van der Waals surface area contributed by atoms with Gasteiger partial charge in [0.05, 0.1) is 12.2 Å². The number of carbonyl (C=O) groups is 1. The van der Waals surface area contributed by atoms with Gasteiger partial charge < -0.3 is 9.88 Å². The Morgan fingerprint density at radius 3 is 2.62 bits per heavy atom. The smallest absolute Gasteiger partial charge is 0.246 e. The fourth-order valence-electron chi connectivity index (χ4n) is 2.12. The number of aromatic nitrogens is 2. The molecule has 2 rings (SSSR count). The van der Waals surface area contributed by atoms with Crippen LogP contribution >= 0.6 is 0 Å². The number of amides is 1. The van der Waals surface area contributed by atoms with Crippen LogP contribution in [-0.4, -0.2) is 15.5 Å². The van der Waals surface area contributed by atoms with Crippen LogP contribution in [0.4, 0.5) is 0 Å². The molecule has 0 fully saturated rings. The lowest BCUT2D eigenvalue weighted by Gasteiger charge is -2.05. The highest BCUT2D eigenvalue weighted by molar-refractivity contribution is 5.91. The second-order valence-electron chi connectivity index (χ2n) is 5.24. The second kappa shape index (κ2) is 6.39. The lowest BCUT2D eigenvalue weighted by atomic mass is 10.1. The van der Waals surface area contributed by atoms with Gasteiger partial charge in [0.1, 0.15) is 5.82 Å². The minimum Gasteiger partial charge on any atom is -0.345 e. The summed E-state index contributed by atoms with van der Waals surface area (Å²) in [5.41, 5.74) is 3.91.